The standard InChI is InChI=1S/C13H14N2O3/c1-17-10-7-9-3-5-15(6-4-14)13(16)12(9)11(8-10)18-2/h7-8H,3,5-6H2,1-2H3. The molecule has 0 saturated carbocycles. The Morgan fingerprint density at radius 3 is 2.78 bits per heavy atom. The minimum absolute atomic E-state index is 0.105. The zero-order chi connectivity index (χ0) is 13.1. The molecule has 5 heteroatoms. The second-order valence-electron chi connectivity index (χ2n) is 4.00. The molecule has 0 radical (unpaired) electrons. The summed E-state index contributed by atoms with van der Waals surface area (Å²) in [7, 11) is 3.10. The van der Waals surface area contributed by atoms with E-state index in [2.05, 4.69) is 0 Å². The van der Waals surface area contributed by atoms with Crippen LogP contribution < -0.4 is 9.47 Å². The van der Waals surface area contributed by atoms with E-state index in [-0.39, 0.29) is 12.5 Å². The highest BCUT2D eigenvalue weighted by atomic mass is 16.5. The van der Waals surface area contributed by atoms with Gasteiger partial charge in [-0.15, -0.1) is 0 Å². The number of nitriles is 1. The lowest BCUT2D eigenvalue weighted by molar-refractivity contribution is 0.0757. The molecule has 0 aromatic heterocycles. The Hall–Kier alpha value is -2.22. The molecule has 1 aromatic rings. The summed E-state index contributed by atoms with van der Waals surface area (Å²) in [6, 6.07) is 5.53. The third kappa shape index (κ3) is 1.97. The molecule has 5 nitrogen and oxygen atoms in total. The van der Waals surface area contributed by atoms with Crippen LogP contribution in [-0.2, 0) is 6.42 Å². The second-order valence-corrected chi connectivity index (χ2v) is 4.00. The molecule has 1 amide bonds. The van der Waals surface area contributed by atoms with Gasteiger partial charge in [0.2, 0.25) is 0 Å². The van der Waals surface area contributed by atoms with E-state index >= 15 is 0 Å². The van der Waals surface area contributed by atoms with Crippen molar-refractivity contribution < 1.29 is 14.3 Å². The Labute approximate surface area is 106 Å². The van der Waals surface area contributed by atoms with Gasteiger partial charge in [-0.1, -0.05) is 0 Å². The number of carbonyl (C=O) groups is 1. The van der Waals surface area contributed by atoms with E-state index in [9.17, 15) is 4.79 Å². The highest BCUT2D eigenvalue weighted by Gasteiger charge is 2.28. The third-order valence-electron chi connectivity index (χ3n) is 3.03. The number of carbonyl (C=O) groups excluding carboxylic acids is 1. The number of rotatable bonds is 3. The first-order valence-electron chi connectivity index (χ1n) is 5.62. The number of fused-ring (bicyclic) bond motifs is 1. The van der Waals surface area contributed by atoms with Crippen LogP contribution >= 0.6 is 0 Å². The van der Waals surface area contributed by atoms with E-state index in [0.717, 1.165) is 5.56 Å². The molecular weight excluding hydrogens is 232 g/mol. The van der Waals surface area contributed by atoms with Crippen LogP contribution in [0.3, 0.4) is 0 Å². The lowest BCUT2D eigenvalue weighted by Gasteiger charge is -2.27. The number of ether oxygens (including phenoxy) is 2. The van der Waals surface area contributed by atoms with Gasteiger partial charge in [-0.2, -0.15) is 5.26 Å². The van der Waals surface area contributed by atoms with Gasteiger partial charge in [0.15, 0.2) is 0 Å². The molecule has 1 aliphatic heterocycles. The van der Waals surface area contributed by atoms with Crippen LogP contribution in [-0.4, -0.2) is 38.1 Å². The molecule has 18 heavy (non-hydrogen) atoms. The molecule has 0 fully saturated rings. The Kier molecular flexibility index (Phi) is 3.38. The number of hydrogen-bond donors (Lipinski definition) is 0. The van der Waals surface area contributed by atoms with E-state index in [4.69, 9.17) is 14.7 Å². The summed E-state index contributed by atoms with van der Waals surface area (Å²) in [5.74, 6) is 1.02. The maximum absolute atomic E-state index is 12.2. The first-order chi connectivity index (χ1) is 8.71. The molecule has 0 spiro atoms. The summed E-state index contributed by atoms with van der Waals surface area (Å²) in [5.41, 5.74) is 1.45. The predicted octanol–water partition coefficient (Wildman–Crippen LogP) is 1.23. The summed E-state index contributed by atoms with van der Waals surface area (Å²) < 4.78 is 10.4. The van der Waals surface area contributed by atoms with Gasteiger partial charge in [0, 0.05) is 12.6 Å². The zero-order valence-electron chi connectivity index (χ0n) is 10.4. The SMILES string of the molecule is COc1cc2c(c(OC)c1)C(=O)N(CC#N)CC2. The van der Waals surface area contributed by atoms with Gasteiger partial charge in [-0.05, 0) is 18.1 Å². The second kappa shape index (κ2) is 4.96. The molecule has 94 valence electrons. The van der Waals surface area contributed by atoms with E-state index in [0.29, 0.717) is 30.0 Å². The van der Waals surface area contributed by atoms with Gasteiger partial charge < -0.3 is 14.4 Å². The Bertz CT molecular complexity index is 502. The number of hydrogen-bond acceptors (Lipinski definition) is 4. The van der Waals surface area contributed by atoms with Gasteiger partial charge in [0.1, 0.15) is 18.0 Å². The van der Waals surface area contributed by atoms with Crippen LogP contribution in [0.5, 0.6) is 11.5 Å². The van der Waals surface area contributed by atoms with Crippen molar-refractivity contribution in [3.05, 3.63) is 23.3 Å². The average molecular weight is 246 g/mol. The van der Waals surface area contributed by atoms with Crippen LogP contribution in [0.4, 0.5) is 0 Å². The molecule has 0 saturated heterocycles. The van der Waals surface area contributed by atoms with Gasteiger partial charge in [0.25, 0.3) is 5.91 Å². The van der Waals surface area contributed by atoms with E-state index in [1.165, 1.54) is 12.0 Å². The van der Waals surface area contributed by atoms with Crippen molar-refractivity contribution in [3.8, 4) is 17.6 Å². The van der Waals surface area contributed by atoms with E-state index in [1.54, 1.807) is 13.2 Å². The van der Waals surface area contributed by atoms with Gasteiger partial charge >= 0.3 is 0 Å². The minimum Gasteiger partial charge on any atom is -0.497 e. The summed E-state index contributed by atoms with van der Waals surface area (Å²) >= 11 is 0. The summed E-state index contributed by atoms with van der Waals surface area (Å²) in [6.45, 7) is 0.656. The minimum atomic E-state index is -0.155. The fourth-order valence-corrected chi connectivity index (χ4v) is 2.12. The van der Waals surface area contributed by atoms with Gasteiger partial charge in [0.05, 0.1) is 25.9 Å². The Balaban J connectivity index is 2.47. The van der Waals surface area contributed by atoms with Crippen LogP contribution in [0.25, 0.3) is 0 Å². The first kappa shape index (κ1) is 12.2. The number of nitrogens with zero attached hydrogens (tertiary/aromatic N) is 2. The molecule has 1 heterocycles. The van der Waals surface area contributed by atoms with Crippen molar-refractivity contribution in [1.29, 1.82) is 5.26 Å². The number of amides is 1. The van der Waals surface area contributed by atoms with Crippen molar-refractivity contribution in [1.82, 2.24) is 4.90 Å². The Morgan fingerprint density at radius 2 is 2.17 bits per heavy atom. The number of methoxy groups -OCH3 is 2. The summed E-state index contributed by atoms with van der Waals surface area (Å²) in [4.78, 5) is 13.8. The monoisotopic (exact) mass is 246 g/mol. The Morgan fingerprint density at radius 1 is 1.39 bits per heavy atom. The fourth-order valence-electron chi connectivity index (χ4n) is 2.12. The van der Waals surface area contributed by atoms with Crippen molar-refractivity contribution in [3.63, 3.8) is 0 Å². The van der Waals surface area contributed by atoms with Crippen LogP contribution in [0, 0.1) is 11.3 Å². The van der Waals surface area contributed by atoms with Crippen LogP contribution in [0.2, 0.25) is 0 Å². The quantitative estimate of drug-likeness (QED) is 0.752. The lowest BCUT2D eigenvalue weighted by atomic mass is 9.97. The topological polar surface area (TPSA) is 62.6 Å². The van der Waals surface area contributed by atoms with Crippen molar-refractivity contribution in [2.24, 2.45) is 0 Å². The highest BCUT2D eigenvalue weighted by Crippen LogP contribution is 2.32. The normalized spacial score (nSPS) is 13.8. The molecule has 0 N–H and O–H groups in total. The van der Waals surface area contributed by atoms with Crippen molar-refractivity contribution in [2.75, 3.05) is 27.3 Å². The maximum atomic E-state index is 12.2. The molecule has 1 aliphatic rings. The summed E-state index contributed by atoms with van der Waals surface area (Å²) in [6.07, 6.45) is 0.705. The third-order valence-corrected chi connectivity index (χ3v) is 3.03. The molecule has 0 atom stereocenters. The van der Waals surface area contributed by atoms with E-state index < -0.39 is 0 Å². The number of benzene rings is 1. The van der Waals surface area contributed by atoms with Crippen LogP contribution in [0.15, 0.2) is 12.1 Å². The van der Waals surface area contributed by atoms with E-state index in [1.807, 2.05) is 12.1 Å². The molecule has 0 unspecified atom stereocenters. The average Bonchev–Trinajstić information content (AvgIpc) is 2.40. The van der Waals surface area contributed by atoms with Crippen molar-refractivity contribution >= 4 is 5.91 Å². The predicted molar refractivity (Wildman–Crippen MR) is 64.8 cm³/mol. The molecular formula is C13H14N2O3. The lowest BCUT2D eigenvalue weighted by Crippen LogP contribution is -2.38. The fraction of sp³-hybridized carbons (Fsp3) is 0.385. The molecule has 2 rings (SSSR count). The highest BCUT2D eigenvalue weighted by molar-refractivity contribution is 5.99. The van der Waals surface area contributed by atoms with Crippen molar-refractivity contribution in [2.45, 2.75) is 6.42 Å². The van der Waals surface area contributed by atoms with Crippen LogP contribution in [0.1, 0.15) is 15.9 Å². The first-order valence-corrected chi connectivity index (χ1v) is 5.62. The van der Waals surface area contributed by atoms with Gasteiger partial charge in [-0.25, -0.2) is 0 Å². The molecule has 0 bridgehead atoms. The smallest absolute Gasteiger partial charge is 0.258 e. The zero-order valence-corrected chi connectivity index (χ0v) is 10.4. The summed E-state index contributed by atoms with van der Waals surface area (Å²) in [5, 5.41) is 8.70. The molecule has 1 aromatic carbocycles. The molecule has 0 aliphatic carbocycles. The maximum Gasteiger partial charge on any atom is 0.258 e. The van der Waals surface area contributed by atoms with Gasteiger partial charge in [-0.3, -0.25) is 4.79 Å². The largest absolute Gasteiger partial charge is 0.497 e.